The summed E-state index contributed by atoms with van der Waals surface area (Å²) in [6.07, 6.45) is 0. The van der Waals surface area contributed by atoms with Crippen LogP contribution in [0.15, 0.2) is 0 Å². The maximum atomic E-state index is 8.53. The van der Waals surface area contributed by atoms with E-state index in [1.54, 1.807) is 0 Å². The van der Waals surface area contributed by atoms with E-state index in [-0.39, 0.29) is 6.61 Å². The molecule has 0 heterocycles. The van der Waals surface area contributed by atoms with Gasteiger partial charge in [0.1, 0.15) is 0 Å². The lowest BCUT2D eigenvalue weighted by Gasteiger charge is -2.28. The molecule has 0 aromatic rings. The first kappa shape index (κ1) is 10.9. The highest BCUT2D eigenvalue weighted by atomic mass is 16.7. The van der Waals surface area contributed by atoms with Crippen LogP contribution in [0.1, 0.15) is 27.7 Å². The third-order valence-electron chi connectivity index (χ3n) is 1.35. The third kappa shape index (κ3) is 4.35. The van der Waals surface area contributed by atoms with Gasteiger partial charge in [0.2, 0.25) is 0 Å². The second-order valence-corrected chi connectivity index (χ2v) is 3.10. The minimum atomic E-state index is 0.0793. The number of hydrogen-bond acceptors (Lipinski definition) is 3. The zero-order valence-electron chi connectivity index (χ0n) is 7.87. The Labute approximate surface area is 68.9 Å². The SMILES string of the molecule is CC(C)N(OCCO)C(C)C. The number of aliphatic hydroxyl groups is 1. The Balaban J connectivity index is 3.70. The third-order valence-corrected chi connectivity index (χ3v) is 1.35. The van der Waals surface area contributed by atoms with Crippen LogP contribution in [-0.4, -0.2) is 35.5 Å². The van der Waals surface area contributed by atoms with Crippen LogP contribution in [0.3, 0.4) is 0 Å². The smallest absolute Gasteiger partial charge is 0.0916 e. The number of aliphatic hydroxyl groups excluding tert-OH is 1. The highest BCUT2D eigenvalue weighted by Crippen LogP contribution is 2.04. The summed E-state index contributed by atoms with van der Waals surface area (Å²) < 4.78 is 0. The van der Waals surface area contributed by atoms with Crippen molar-refractivity contribution in [1.29, 1.82) is 0 Å². The van der Waals surface area contributed by atoms with Gasteiger partial charge in [-0.1, -0.05) is 0 Å². The van der Waals surface area contributed by atoms with Crippen LogP contribution in [0.4, 0.5) is 0 Å². The molecule has 0 fully saturated rings. The molecule has 0 saturated heterocycles. The second-order valence-electron chi connectivity index (χ2n) is 3.10. The molecule has 0 saturated carbocycles. The fourth-order valence-corrected chi connectivity index (χ4v) is 1.04. The Kier molecular flexibility index (Phi) is 5.46. The number of rotatable bonds is 5. The van der Waals surface area contributed by atoms with Gasteiger partial charge in [-0.2, -0.15) is 5.06 Å². The molecule has 0 rings (SSSR count). The van der Waals surface area contributed by atoms with E-state index in [2.05, 4.69) is 27.7 Å². The Bertz CT molecular complexity index is 86.1. The number of hydrogen-bond donors (Lipinski definition) is 1. The molecule has 11 heavy (non-hydrogen) atoms. The van der Waals surface area contributed by atoms with Crippen molar-refractivity contribution in [2.24, 2.45) is 0 Å². The minimum absolute atomic E-state index is 0.0793. The first-order valence-electron chi connectivity index (χ1n) is 4.11. The van der Waals surface area contributed by atoms with Crippen molar-refractivity contribution in [3.05, 3.63) is 0 Å². The van der Waals surface area contributed by atoms with E-state index in [9.17, 15) is 0 Å². The fraction of sp³-hybridized carbons (Fsp3) is 1.00. The van der Waals surface area contributed by atoms with Crippen molar-refractivity contribution in [1.82, 2.24) is 5.06 Å². The molecule has 0 amide bonds. The van der Waals surface area contributed by atoms with Crippen molar-refractivity contribution in [3.63, 3.8) is 0 Å². The van der Waals surface area contributed by atoms with Gasteiger partial charge < -0.3 is 5.11 Å². The Morgan fingerprint density at radius 2 is 1.64 bits per heavy atom. The molecule has 0 aromatic carbocycles. The average molecular weight is 161 g/mol. The molecule has 0 atom stereocenters. The topological polar surface area (TPSA) is 32.7 Å². The van der Waals surface area contributed by atoms with E-state index in [0.29, 0.717) is 18.7 Å². The monoisotopic (exact) mass is 161 g/mol. The van der Waals surface area contributed by atoms with E-state index in [1.807, 2.05) is 5.06 Å². The second kappa shape index (κ2) is 5.52. The molecule has 0 aliphatic rings. The predicted octanol–water partition coefficient (Wildman–Crippen LogP) is 1.03. The molecule has 0 aliphatic carbocycles. The van der Waals surface area contributed by atoms with E-state index in [0.717, 1.165) is 0 Å². The van der Waals surface area contributed by atoms with Gasteiger partial charge in [-0.05, 0) is 27.7 Å². The highest BCUT2D eigenvalue weighted by Gasteiger charge is 2.12. The first-order valence-corrected chi connectivity index (χ1v) is 4.11. The summed E-state index contributed by atoms with van der Waals surface area (Å²) in [5, 5.41) is 10.4. The predicted molar refractivity (Wildman–Crippen MR) is 45.1 cm³/mol. The average Bonchev–Trinajstić information content (AvgIpc) is 1.87. The van der Waals surface area contributed by atoms with Crippen LogP contribution in [0, 0.1) is 0 Å². The summed E-state index contributed by atoms with van der Waals surface area (Å²) in [5.74, 6) is 0. The largest absolute Gasteiger partial charge is 0.394 e. The Morgan fingerprint density at radius 1 is 1.18 bits per heavy atom. The van der Waals surface area contributed by atoms with Crippen LogP contribution >= 0.6 is 0 Å². The van der Waals surface area contributed by atoms with Crippen molar-refractivity contribution in [2.45, 2.75) is 39.8 Å². The van der Waals surface area contributed by atoms with Crippen molar-refractivity contribution in [2.75, 3.05) is 13.2 Å². The Morgan fingerprint density at radius 3 is 1.91 bits per heavy atom. The van der Waals surface area contributed by atoms with Crippen molar-refractivity contribution >= 4 is 0 Å². The lowest BCUT2D eigenvalue weighted by molar-refractivity contribution is -0.204. The van der Waals surface area contributed by atoms with Crippen LogP contribution < -0.4 is 0 Å². The van der Waals surface area contributed by atoms with Crippen LogP contribution in [0.5, 0.6) is 0 Å². The van der Waals surface area contributed by atoms with E-state index in [1.165, 1.54) is 0 Å². The summed E-state index contributed by atoms with van der Waals surface area (Å²) in [6, 6.07) is 0.725. The highest BCUT2D eigenvalue weighted by molar-refractivity contribution is 4.56. The Hall–Kier alpha value is -0.120. The fourth-order valence-electron chi connectivity index (χ4n) is 1.04. The first-order chi connectivity index (χ1) is 5.09. The summed E-state index contributed by atoms with van der Waals surface area (Å²) in [6.45, 7) is 8.73. The maximum Gasteiger partial charge on any atom is 0.0916 e. The van der Waals surface area contributed by atoms with Gasteiger partial charge in [-0.25, -0.2) is 0 Å². The maximum absolute atomic E-state index is 8.53. The van der Waals surface area contributed by atoms with E-state index >= 15 is 0 Å². The van der Waals surface area contributed by atoms with Gasteiger partial charge in [-0.3, -0.25) is 4.84 Å². The summed E-state index contributed by atoms with van der Waals surface area (Å²) in [5.41, 5.74) is 0. The molecule has 1 N–H and O–H groups in total. The van der Waals surface area contributed by atoms with E-state index in [4.69, 9.17) is 9.94 Å². The van der Waals surface area contributed by atoms with Crippen molar-refractivity contribution < 1.29 is 9.94 Å². The normalized spacial score (nSPS) is 12.0. The molecule has 0 aromatic heterocycles. The molecule has 3 heteroatoms. The molecule has 0 bridgehead atoms. The summed E-state index contributed by atoms with van der Waals surface area (Å²) in [4.78, 5) is 5.30. The zero-order valence-corrected chi connectivity index (χ0v) is 7.87. The zero-order chi connectivity index (χ0) is 8.85. The van der Waals surface area contributed by atoms with Crippen LogP contribution in [0.2, 0.25) is 0 Å². The molecule has 68 valence electrons. The molecule has 0 unspecified atom stereocenters. The molecule has 0 radical (unpaired) electrons. The molecule has 0 aliphatic heterocycles. The minimum Gasteiger partial charge on any atom is -0.394 e. The van der Waals surface area contributed by atoms with Crippen LogP contribution in [-0.2, 0) is 4.84 Å². The molecule has 3 nitrogen and oxygen atoms in total. The molecular weight excluding hydrogens is 142 g/mol. The van der Waals surface area contributed by atoms with Crippen molar-refractivity contribution in [3.8, 4) is 0 Å². The van der Waals surface area contributed by atoms with Gasteiger partial charge in [0, 0.05) is 12.1 Å². The van der Waals surface area contributed by atoms with Crippen LogP contribution in [0.25, 0.3) is 0 Å². The van der Waals surface area contributed by atoms with Gasteiger partial charge in [0.15, 0.2) is 0 Å². The van der Waals surface area contributed by atoms with Gasteiger partial charge in [0.05, 0.1) is 13.2 Å². The summed E-state index contributed by atoms with van der Waals surface area (Å²) >= 11 is 0. The van der Waals surface area contributed by atoms with Gasteiger partial charge in [0.25, 0.3) is 0 Å². The lowest BCUT2D eigenvalue weighted by atomic mass is 10.3. The standard InChI is InChI=1S/C8H19NO2/c1-7(2)9(8(3)4)11-6-5-10/h7-8,10H,5-6H2,1-4H3. The van der Waals surface area contributed by atoms with E-state index < -0.39 is 0 Å². The number of nitrogens with zero attached hydrogens (tertiary/aromatic N) is 1. The lowest BCUT2D eigenvalue weighted by Crippen LogP contribution is -2.37. The molecular formula is C8H19NO2. The quantitative estimate of drug-likeness (QED) is 0.611. The number of hydroxylamine groups is 2. The van der Waals surface area contributed by atoms with Gasteiger partial charge in [-0.15, -0.1) is 0 Å². The summed E-state index contributed by atoms with van der Waals surface area (Å²) in [7, 11) is 0. The van der Waals surface area contributed by atoms with Gasteiger partial charge >= 0.3 is 0 Å². The molecule has 0 spiro atoms.